The predicted octanol–water partition coefficient (Wildman–Crippen LogP) is 2.07. The molecule has 1 fully saturated rings. The zero-order valence-electron chi connectivity index (χ0n) is 8.79. The van der Waals surface area contributed by atoms with Gasteiger partial charge < -0.3 is 15.4 Å². The van der Waals surface area contributed by atoms with E-state index in [1.54, 1.807) is 0 Å². The van der Waals surface area contributed by atoms with Crippen LogP contribution in [0.1, 0.15) is 5.56 Å². The fourth-order valence-electron chi connectivity index (χ4n) is 1.73. The maximum absolute atomic E-state index is 6.17. The standard InChI is InChI=1S/C11H15ClN2O/c1-8-6-11(9(12)7-10(8)13)14-2-4-15-5-3-14/h6-7H,2-5,13H2,1H3. The Morgan fingerprint density at radius 2 is 2.00 bits per heavy atom. The number of nitrogens with two attached hydrogens (primary N) is 1. The number of halogens is 1. The average molecular weight is 227 g/mol. The summed E-state index contributed by atoms with van der Waals surface area (Å²) in [6, 6.07) is 3.87. The molecule has 0 atom stereocenters. The van der Waals surface area contributed by atoms with Crippen molar-refractivity contribution in [2.24, 2.45) is 0 Å². The smallest absolute Gasteiger partial charge is 0.0660 e. The first-order valence-corrected chi connectivity index (χ1v) is 5.44. The lowest BCUT2D eigenvalue weighted by Crippen LogP contribution is -2.36. The Morgan fingerprint density at radius 1 is 1.33 bits per heavy atom. The summed E-state index contributed by atoms with van der Waals surface area (Å²) in [6.45, 7) is 5.31. The normalized spacial score (nSPS) is 16.8. The topological polar surface area (TPSA) is 38.5 Å². The van der Waals surface area contributed by atoms with Gasteiger partial charge in [0.1, 0.15) is 0 Å². The molecule has 1 aliphatic heterocycles. The second-order valence-corrected chi connectivity index (χ2v) is 4.17. The Hall–Kier alpha value is -0.930. The highest BCUT2D eigenvalue weighted by atomic mass is 35.5. The number of hydrogen-bond acceptors (Lipinski definition) is 3. The number of ether oxygens (including phenoxy) is 1. The van der Waals surface area contributed by atoms with Crippen molar-refractivity contribution < 1.29 is 4.74 Å². The second-order valence-electron chi connectivity index (χ2n) is 3.76. The summed E-state index contributed by atoms with van der Waals surface area (Å²) in [5.41, 5.74) is 8.67. The Morgan fingerprint density at radius 3 is 2.67 bits per heavy atom. The molecule has 1 aliphatic rings. The van der Waals surface area contributed by atoms with Crippen molar-refractivity contribution in [2.75, 3.05) is 36.9 Å². The number of benzene rings is 1. The van der Waals surface area contributed by atoms with Gasteiger partial charge >= 0.3 is 0 Å². The van der Waals surface area contributed by atoms with Gasteiger partial charge in [-0.2, -0.15) is 0 Å². The van der Waals surface area contributed by atoms with Gasteiger partial charge in [0.2, 0.25) is 0 Å². The van der Waals surface area contributed by atoms with E-state index in [0.717, 1.165) is 48.3 Å². The van der Waals surface area contributed by atoms with Crippen LogP contribution in [0.25, 0.3) is 0 Å². The number of rotatable bonds is 1. The SMILES string of the molecule is Cc1cc(N2CCOCC2)c(Cl)cc1N. The highest BCUT2D eigenvalue weighted by molar-refractivity contribution is 6.33. The quantitative estimate of drug-likeness (QED) is 0.746. The van der Waals surface area contributed by atoms with Crippen LogP contribution in [0.3, 0.4) is 0 Å². The number of aryl methyl sites for hydroxylation is 1. The van der Waals surface area contributed by atoms with Crippen LogP contribution in [0.15, 0.2) is 12.1 Å². The zero-order chi connectivity index (χ0) is 10.8. The summed E-state index contributed by atoms with van der Waals surface area (Å²) < 4.78 is 5.31. The molecule has 0 bridgehead atoms. The number of morpholine rings is 1. The van der Waals surface area contributed by atoms with Gasteiger partial charge in [0, 0.05) is 18.8 Å². The molecule has 2 N–H and O–H groups in total. The van der Waals surface area contributed by atoms with Gasteiger partial charge in [-0.05, 0) is 24.6 Å². The molecule has 4 heteroatoms. The lowest BCUT2D eigenvalue weighted by molar-refractivity contribution is 0.122. The summed E-state index contributed by atoms with van der Waals surface area (Å²) in [6.07, 6.45) is 0. The van der Waals surface area contributed by atoms with Crippen molar-refractivity contribution in [1.82, 2.24) is 0 Å². The van der Waals surface area contributed by atoms with Gasteiger partial charge in [-0.1, -0.05) is 11.6 Å². The molecule has 0 saturated carbocycles. The molecule has 1 aromatic carbocycles. The molecule has 0 radical (unpaired) electrons. The van der Waals surface area contributed by atoms with Crippen molar-refractivity contribution in [3.05, 3.63) is 22.7 Å². The Balaban J connectivity index is 2.30. The largest absolute Gasteiger partial charge is 0.398 e. The molecular formula is C11H15ClN2O. The van der Waals surface area contributed by atoms with Crippen LogP contribution in [-0.4, -0.2) is 26.3 Å². The van der Waals surface area contributed by atoms with Crippen LogP contribution in [0.4, 0.5) is 11.4 Å². The van der Waals surface area contributed by atoms with Crippen molar-refractivity contribution in [3.63, 3.8) is 0 Å². The highest BCUT2D eigenvalue weighted by Gasteiger charge is 2.14. The van der Waals surface area contributed by atoms with Gasteiger partial charge in [-0.25, -0.2) is 0 Å². The van der Waals surface area contributed by atoms with Crippen LogP contribution >= 0.6 is 11.6 Å². The van der Waals surface area contributed by atoms with Crippen molar-refractivity contribution in [2.45, 2.75) is 6.92 Å². The van der Waals surface area contributed by atoms with Gasteiger partial charge in [-0.15, -0.1) is 0 Å². The summed E-state index contributed by atoms with van der Waals surface area (Å²) in [5, 5.41) is 0.722. The first kappa shape index (κ1) is 10.6. The average Bonchev–Trinajstić information content (AvgIpc) is 2.25. The lowest BCUT2D eigenvalue weighted by atomic mass is 10.1. The van der Waals surface area contributed by atoms with Crippen LogP contribution < -0.4 is 10.6 Å². The molecule has 1 heterocycles. The van der Waals surface area contributed by atoms with E-state index >= 15 is 0 Å². The first-order chi connectivity index (χ1) is 7.18. The molecule has 1 saturated heterocycles. The summed E-state index contributed by atoms with van der Waals surface area (Å²) in [5.74, 6) is 0. The summed E-state index contributed by atoms with van der Waals surface area (Å²) >= 11 is 6.17. The molecule has 2 rings (SSSR count). The zero-order valence-corrected chi connectivity index (χ0v) is 9.55. The third-order valence-corrected chi connectivity index (χ3v) is 2.99. The van der Waals surface area contributed by atoms with Crippen LogP contribution in [0.2, 0.25) is 5.02 Å². The third-order valence-electron chi connectivity index (χ3n) is 2.69. The van der Waals surface area contributed by atoms with E-state index in [4.69, 9.17) is 22.1 Å². The minimum Gasteiger partial charge on any atom is -0.398 e. The Labute approximate surface area is 94.8 Å². The summed E-state index contributed by atoms with van der Waals surface area (Å²) in [7, 11) is 0. The van der Waals surface area contributed by atoms with Crippen LogP contribution in [-0.2, 0) is 4.74 Å². The second kappa shape index (κ2) is 4.29. The monoisotopic (exact) mass is 226 g/mol. The summed E-state index contributed by atoms with van der Waals surface area (Å²) in [4.78, 5) is 2.23. The minimum absolute atomic E-state index is 0.722. The predicted molar refractivity (Wildman–Crippen MR) is 63.6 cm³/mol. The molecular weight excluding hydrogens is 212 g/mol. The number of nitrogen functional groups attached to an aromatic ring is 1. The van der Waals surface area contributed by atoms with E-state index in [9.17, 15) is 0 Å². The van der Waals surface area contributed by atoms with Crippen LogP contribution in [0.5, 0.6) is 0 Å². The third kappa shape index (κ3) is 2.19. The number of nitrogens with zero attached hydrogens (tertiary/aromatic N) is 1. The van der Waals surface area contributed by atoms with Crippen LogP contribution in [0, 0.1) is 6.92 Å². The fourth-order valence-corrected chi connectivity index (χ4v) is 2.02. The van der Waals surface area contributed by atoms with E-state index in [1.165, 1.54) is 0 Å². The van der Waals surface area contributed by atoms with Gasteiger partial charge in [0.05, 0.1) is 23.9 Å². The molecule has 0 amide bonds. The first-order valence-electron chi connectivity index (χ1n) is 5.07. The minimum atomic E-state index is 0.722. The molecule has 82 valence electrons. The number of anilines is 2. The van der Waals surface area contributed by atoms with E-state index < -0.39 is 0 Å². The maximum atomic E-state index is 6.17. The number of hydrogen-bond donors (Lipinski definition) is 1. The molecule has 0 aromatic heterocycles. The van der Waals surface area contributed by atoms with Crippen molar-refractivity contribution in [1.29, 1.82) is 0 Å². The highest BCUT2D eigenvalue weighted by Crippen LogP contribution is 2.30. The maximum Gasteiger partial charge on any atom is 0.0660 e. The molecule has 15 heavy (non-hydrogen) atoms. The molecule has 0 unspecified atom stereocenters. The molecule has 3 nitrogen and oxygen atoms in total. The van der Waals surface area contributed by atoms with Crippen molar-refractivity contribution in [3.8, 4) is 0 Å². The van der Waals surface area contributed by atoms with E-state index in [2.05, 4.69) is 4.90 Å². The van der Waals surface area contributed by atoms with Crippen molar-refractivity contribution >= 4 is 23.0 Å². The van der Waals surface area contributed by atoms with Gasteiger partial charge in [-0.3, -0.25) is 0 Å². The van der Waals surface area contributed by atoms with E-state index in [1.807, 2.05) is 19.1 Å². The molecule has 0 aliphatic carbocycles. The Bertz CT molecular complexity index is 362. The lowest BCUT2D eigenvalue weighted by Gasteiger charge is -2.30. The molecule has 0 spiro atoms. The van der Waals surface area contributed by atoms with Gasteiger partial charge in [0.15, 0.2) is 0 Å². The fraction of sp³-hybridized carbons (Fsp3) is 0.455. The van der Waals surface area contributed by atoms with E-state index in [0.29, 0.717) is 0 Å². The van der Waals surface area contributed by atoms with E-state index in [-0.39, 0.29) is 0 Å². The van der Waals surface area contributed by atoms with Gasteiger partial charge in [0.25, 0.3) is 0 Å². The molecule has 1 aromatic rings. The Kier molecular flexibility index (Phi) is 3.03.